The largest absolute Gasteiger partial charge is 0.491 e. The number of rotatable bonds is 14. The van der Waals surface area contributed by atoms with Crippen LogP contribution in [-0.4, -0.2) is 43.5 Å². The quantitative estimate of drug-likeness (QED) is 0.169. The Hall–Kier alpha value is -3.72. The van der Waals surface area contributed by atoms with Gasteiger partial charge in [0.15, 0.2) is 0 Å². The first-order chi connectivity index (χ1) is 19.6. The number of benzene rings is 3. The number of ether oxygens (including phenoxy) is 5. The topological polar surface area (TPSA) is 101 Å². The van der Waals surface area contributed by atoms with Gasteiger partial charge in [-0.3, -0.25) is 9.59 Å². The highest BCUT2D eigenvalue weighted by Gasteiger charge is 2.32. The van der Waals surface area contributed by atoms with Crippen molar-refractivity contribution in [2.24, 2.45) is 11.8 Å². The van der Waals surface area contributed by atoms with Crippen LogP contribution in [0.4, 0.5) is 0 Å². The number of carbonyl (C=O) groups is 2. The summed E-state index contributed by atoms with van der Waals surface area (Å²) < 4.78 is 27.7. The van der Waals surface area contributed by atoms with E-state index in [-0.39, 0.29) is 37.0 Å². The lowest BCUT2D eigenvalue weighted by molar-refractivity contribution is -0.145. The third-order valence-corrected chi connectivity index (χ3v) is 6.69. The van der Waals surface area contributed by atoms with Crippen LogP contribution in [0.5, 0.6) is 17.2 Å². The van der Waals surface area contributed by atoms with Gasteiger partial charge in [0, 0.05) is 0 Å². The Morgan fingerprint density at radius 3 is 1.62 bits per heavy atom. The Bertz CT molecular complexity index is 1170. The first-order valence-corrected chi connectivity index (χ1v) is 13.7. The second-order valence-corrected chi connectivity index (χ2v) is 9.67. The molecule has 0 radical (unpaired) electrons. The molecule has 1 fully saturated rings. The van der Waals surface area contributed by atoms with Gasteiger partial charge in [-0.2, -0.15) is 0 Å². The molecular weight excluding hydrogens is 512 g/mol. The summed E-state index contributed by atoms with van der Waals surface area (Å²) in [4.78, 5) is 25.3. The van der Waals surface area contributed by atoms with Gasteiger partial charge in [-0.25, -0.2) is 0 Å². The minimum absolute atomic E-state index is 0.0226. The number of hydrogen-bond acceptors (Lipinski definition) is 8. The summed E-state index contributed by atoms with van der Waals surface area (Å²) in [6, 6.07) is 24.0. The maximum atomic E-state index is 12.7. The minimum Gasteiger partial charge on any atom is -0.491 e. The molecular formula is C32H36O8. The van der Waals surface area contributed by atoms with E-state index in [0.29, 0.717) is 69.4 Å². The molecule has 3 aromatic carbocycles. The highest BCUT2D eigenvalue weighted by Crippen LogP contribution is 2.31. The normalized spacial score (nSPS) is 16.7. The zero-order valence-electron chi connectivity index (χ0n) is 22.5. The standard InChI is InChI=1S/C32H36O8/c33-18-19-36-23-25-6-12-29(13-7-25)39-31(34)26-8-10-27(11-9-26)32(35)40-30-16-14-28(15-17-30)38-21-20-37-22-24-4-2-1-3-5-24/h1-7,12-17,26-27,33H,8-11,18-23H2. The molecule has 0 atom stereocenters. The van der Waals surface area contributed by atoms with Crippen molar-refractivity contribution in [1.29, 1.82) is 0 Å². The van der Waals surface area contributed by atoms with Gasteiger partial charge < -0.3 is 28.8 Å². The van der Waals surface area contributed by atoms with Crippen LogP contribution in [0, 0.1) is 11.8 Å². The zero-order valence-corrected chi connectivity index (χ0v) is 22.5. The molecule has 3 aromatic rings. The van der Waals surface area contributed by atoms with Crippen molar-refractivity contribution in [1.82, 2.24) is 0 Å². The van der Waals surface area contributed by atoms with Crippen molar-refractivity contribution in [2.45, 2.75) is 38.9 Å². The van der Waals surface area contributed by atoms with Gasteiger partial charge in [0.25, 0.3) is 0 Å². The molecule has 40 heavy (non-hydrogen) atoms. The second-order valence-electron chi connectivity index (χ2n) is 9.67. The summed E-state index contributed by atoms with van der Waals surface area (Å²) in [5, 5.41) is 8.78. The molecule has 0 aliphatic heterocycles. The summed E-state index contributed by atoms with van der Waals surface area (Å²) in [7, 11) is 0. The first kappa shape index (κ1) is 29.3. The Balaban J connectivity index is 1.12. The molecule has 1 aliphatic rings. The van der Waals surface area contributed by atoms with Crippen molar-refractivity contribution in [2.75, 3.05) is 26.4 Å². The van der Waals surface area contributed by atoms with Crippen molar-refractivity contribution in [3.05, 3.63) is 90.0 Å². The van der Waals surface area contributed by atoms with Gasteiger partial charge in [0.05, 0.1) is 44.9 Å². The van der Waals surface area contributed by atoms with E-state index in [0.717, 1.165) is 11.1 Å². The number of carbonyl (C=O) groups excluding carboxylic acids is 2. The summed E-state index contributed by atoms with van der Waals surface area (Å²) in [5.74, 6) is 0.552. The van der Waals surface area contributed by atoms with E-state index < -0.39 is 0 Å². The average Bonchev–Trinajstić information content (AvgIpc) is 2.99. The van der Waals surface area contributed by atoms with Gasteiger partial charge in [0.1, 0.15) is 23.9 Å². The lowest BCUT2D eigenvalue weighted by atomic mass is 9.82. The highest BCUT2D eigenvalue weighted by molar-refractivity contribution is 5.77. The molecule has 0 aromatic heterocycles. The van der Waals surface area contributed by atoms with Crippen LogP contribution in [0.1, 0.15) is 36.8 Å². The van der Waals surface area contributed by atoms with E-state index in [2.05, 4.69) is 0 Å². The number of hydrogen-bond donors (Lipinski definition) is 1. The molecule has 1 saturated carbocycles. The molecule has 0 saturated heterocycles. The summed E-state index contributed by atoms with van der Waals surface area (Å²) in [5.41, 5.74) is 2.05. The second kappa shape index (κ2) is 15.8. The smallest absolute Gasteiger partial charge is 0.314 e. The number of aliphatic hydroxyl groups is 1. The zero-order chi connectivity index (χ0) is 28.0. The molecule has 0 heterocycles. The number of esters is 2. The van der Waals surface area contributed by atoms with E-state index in [4.69, 9.17) is 28.8 Å². The van der Waals surface area contributed by atoms with Gasteiger partial charge in [-0.05, 0) is 73.2 Å². The van der Waals surface area contributed by atoms with Crippen LogP contribution in [0.2, 0.25) is 0 Å². The Kier molecular flexibility index (Phi) is 11.5. The fourth-order valence-electron chi connectivity index (χ4n) is 4.46. The highest BCUT2D eigenvalue weighted by atomic mass is 16.5. The minimum atomic E-state index is -0.284. The Labute approximate surface area is 234 Å². The van der Waals surface area contributed by atoms with Crippen LogP contribution in [0.25, 0.3) is 0 Å². The molecule has 0 unspecified atom stereocenters. The van der Waals surface area contributed by atoms with Gasteiger partial charge >= 0.3 is 11.9 Å². The lowest BCUT2D eigenvalue weighted by Gasteiger charge is -2.25. The molecule has 1 N–H and O–H groups in total. The van der Waals surface area contributed by atoms with E-state index in [1.54, 1.807) is 36.4 Å². The predicted molar refractivity (Wildman–Crippen MR) is 148 cm³/mol. The molecule has 4 rings (SSSR count). The Morgan fingerprint density at radius 1 is 0.600 bits per heavy atom. The van der Waals surface area contributed by atoms with E-state index in [9.17, 15) is 9.59 Å². The van der Waals surface area contributed by atoms with E-state index in [1.165, 1.54) is 0 Å². The third-order valence-electron chi connectivity index (χ3n) is 6.69. The van der Waals surface area contributed by atoms with Crippen LogP contribution >= 0.6 is 0 Å². The molecule has 1 aliphatic carbocycles. The van der Waals surface area contributed by atoms with Crippen molar-refractivity contribution in [3.8, 4) is 17.2 Å². The monoisotopic (exact) mass is 548 g/mol. The van der Waals surface area contributed by atoms with Crippen molar-refractivity contribution >= 4 is 11.9 Å². The molecule has 8 nitrogen and oxygen atoms in total. The summed E-state index contributed by atoms with van der Waals surface area (Å²) in [6.45, 7) is 2.07. The van der Waals surface area contributed by atoms with Crippen LogP contribution in [-0.2, 0) is 32.3 Å². The molecule has 0 amide bonds. The fraction of sp³-hybridized carbons (Fsp3) is 0.375. The van der Waals surface area contributed by atoms with Crippen molar-refractivity contribution in [3.63, 3.8) is 0 Å². The predicted octanol–water partition coefficient (Wildman–Crippen LogP) is 5.11. The summed E-state index contributed by atoms with van der Waals surface area (Å²) >= 11 is 0. The van der Waals surface area contributed by atoms with E-state index in [1.807, 2.05) is 42.5 Å². The van der Waals surface area contributed by atoms with Gasteiger partial charge in [-0.15, -0.1) is 0 Å². The third kappa shape index (κ3) is 9.48. The van der Waals surface area contributed by atoms with Crippen molar-refractivity contribution < 1.29 is 38.4 Å². The van der Waals surface area contributed by atoms with Crippen LogP contribution in [0.3, 0.4) is 0 Å². The first-order valence-electron chi connectivity index (χ1n) is 13.7. The molecule has 8 heteroatoms. The maximum Gasteiger partial charge on any atom is 0.314 e. The Morgan fingerprint density at radius 2 is 1.07 bits per heavy atom. The lowest BCUT2D eigenvalue weighted by Crippen LogP contribution is -2.30. The summed E-state index contributed by atoms with van der Waals surface area (Å²) in [6.07, 6.45) is 2.30. The average molecular weight is 549 g/mol. The molecule has 212 valence electrons. The van der Waals surface area contributed by atoms with Crippen LogP contribution < -0.4 is 14.2 Å². The fourth-order valence-corrected chi connectivity index (χ4v) is 4.46. The maximum absolute atomic E-state index is 12.7. The van der Waals surface area contributed by atoms with Crippen LogP contribution in [0.15, 0.2) is 78.9 Å². The molecule has 0 spiro atoms. The van der Waals surface area contributed by atoms with Gasteiger partial charge in [0.2, 0.25) is 0 Å². The van der Waals surface area contributed by atoms with E-state index >= 15 is 0 Å². The molecule has 0 bridgehead atoms. The SMILES string of the molecule is O=C(Oc1ccc(COCCO)cc1)C1CCC(C(=O)Oc2ccc(OCCOCc3ccccc3)cc2)CC1. The number of aliphatic hydroxyl groups excluding tert-OH is 1. The van der Waals surface area contributed by atoms with Gasteiger partial charge in [-0.1, -0.05) is 42.5 Å².